The fourth-order valence-electron chi connectivity index (χ4n) is 4.25. The van der Waals surface area contributed by atoms with Gasteiger partial charge in [-0.25, -0.2) is 0 Å². The van der Waals surface area contributed by atoms with Gasteiger partial charge >= 0.3 is 12.1 Å². The van der Waals surface area contributed by atoms with Gasteiger partial charge in [0.25, 0.3) is 11.5 Å². The van der Waals surface area contributed by atoms with E-state index in [1.165, 1.54) is 22.8 Å². The van der Waals surface area contributed by atoms with Gasteiger partial charge in [-0.15, -0.1) is 0 Å². The van der Waals surface area contributed by atoms with Crippen molar-refractivity contribution in [2.45, 2.75) is 45.0 Å². The van der Waals surface area contributed by atoms with Crippen LogP contribution in [0, 0.1) is 0 Å². The predicted molar refractivity (Wildman–Crippen MR) is 135 cm³/mol. The highest BCUT2D eigenvalue weighted by molar-refractivity contribution is 9.10. The molecule has 0 radical (unpaired) electrons. The fraction of sp³-hybridized carbons (Fsp3) is 0.346. The Morgan fingerprint density at radius 1 is 1.16 bits per heavy atom. The Morgan fingerprint density at radius 3 is 2.42 bits per heavy atom. The molecule has 2 heterocycles. The number of hydrogen-bond donors (Lipinski definition) is 2. The molecule has 1 amide bonds. The summed E-state index contributed by atoms with van der Waals surface area (Å²) in [5.41, 5.74) is -2.26. The maximum atomic E-state index is 13.6. The smallest absolute Gasteiger partial charge is 0.416 e. The van der Waals surface area contributed by atoms with Gasteiger partial charge < -0.3 is 19.9 Å². The van der Waals surface area contributed by atoms with Gasteiger partial charge in [-0.3, -0.25) is 19.0 Å². The zero-order valence-electron chi connectivity index (χ0n) is 20.6. The van der Waals surface area contributed by atoms with Crippen molar-refractivity contribution in [3.63, 3.8) is 0 Å². The third-order valence-electron chi connectivity index (χ3n) is 5.83. The van der Waals surface area contributed by atoms with Crippen molar-refractivity contribution < 1.29 is 37.3 Å². The minimum atomic E-state index is -4.49. The van der Waals surface area contributed by atoms with Crippen LogP contribution in [-0.4, -0.2) is 40.3 Å². The monoisotopic (exact) mass is 596 g/mol. The molecule has 1 atom stereocenters. The van der Waals surface area contributed by atoms with Gasteiger partial charge in [0, 0.05) is 5.39 Å². The molecule has 1 aliphatic rings. The van der Waals surface area contributed by atoms with Crippen molar-refractivity contribution >= 4 is 38.7 Å². The van der Waals surface area contributed by atoms with Crippen LogP contribution in [0.25, 0.3) is 10.9 Å². The van der Waals surface area contributed by atoms with E-state index in [0.29, 0.717) is 10.0 Å². The molecule has 0 spiro atoms. The minimum absolute atomic E-state index is 0.0185. The highest BCUT2D eigenvalue weighted by atomic mass is 79.9. The number of pyridine rings is 1. The van der Waals surface area contributed by atoms with E-state index in [4.69, 9.17) is 9.47 Å². The minimum Gasteiger partial charge on any atom is -0.506 e. The largest absolute Gasteiger partial charge is 0.506 e. The highest BCUT2D eigenvalue weighted by Gasteiger charge is 2.33. The van der Waals surface area contributed by atoms with Crippen molar-refractivity contribution in [1.82, 2.24) is 9.88 Å². The Bertz CT molecular complexity index is 1480. The Morgan fingerprint density at radius 2 is 1.82 bits per heavy atom. The highest BCUT2D eigenvalue weighted by Crippen LogP contribution is 2.42. The van der Waals surface area contributed by atoms with Crippen molar-refractivity contribution in [3.8, 4) is 11.5 Å². The zero-order valence-corrected chi connectivity index (χ0v) is 22.2. The average molecular weight is 597 g/mol. The summed E-state index contributed by atoms with van der Waals surface area (Å²) in [5.74, 6) is -2.02. The molecular formula is C26H24BrF3N2O6. The molecule has 1 aromatic heterocycles. The van der Waals surface area contributed by atoms with Crippen LogP contribution in [0.3, 0.4) is 0 Å². The molecule has 1 unspecified atom stereocenters. The van der Waals surface area contributed by atoms with E-state index < -0.39 is 58.7 Å². The summed E-state index contributed by atoms with van der Waals surface area (Å²) in [6.07, 6.45) is -4.37. The normalized spacial score (nSPS) is 15.2. The molecule has 8 nitrogen and oxygen atoms in total. The van der Waals surface area contributed by atoms with Crippen LogP contribution in [-0.2, 0) is 22.1 Å². The summed E-state index contributed by atoms with van der Waals surface area (Å²) >= 11 is 3.36. The molecule has 12 heteroatoms. The number of benzene rings is 2. The van der Waals surface area contributed by atoms with E-state index >= 15 is 0 Å². The number of esters is 1. The maximum absolute atomic E-state index is 13.6. The van der Waals surface area contributed by atoms with Gasteiger partial charge in [0.2, 0.25) is 0 Å². The van der Waals surface area contributed by atoms with Gasteiger partial charge in [-0.05, 0) is 73.0 Å². The number of ether oxygens (including phenoxy) is 2. The number of alkyl halides is 3. The van der Waals surface area contributed by atoms with Gasteiger partial charge in [0.05, 0.1) is 21.6 Å². The first-order chi connectivity index (χ1) is 17.7. The van der Waals surface area contributed by atoms with Gasteiger partial charge in [-0.1, -0.05) is 12.1 Å². The molecule has 3 aromatic rings. The molecule has 1 aliphatic heterocycles. The Balaban J connectivity index is 1.75. The third-order valence-corrected chi connectivity index (χ3v) is 6.45. The van der Waals surface area contributed by atoms with Crippen molar-refractivity contribution in [2.24, 2.45) is 0 Å². The van der Waals surface area contributed by atoms with Crippen molar-refractivity contribution in [1.29, 1.82) is 0 Å². The van der Waals surface area contributed by atoms with Crippen molar-refractivity contribution in [2.75, 3.05) is 13.2 Å². The maximum Gasteiger partial charge on any atom is 0.416 e. The van der Waals surface area contributed by atoms with Crippen LogP contribution in [0.2, 0.25) is 0 Å². The number of nitrogens with zero attached hydrogens (tertiary/aromatic N) is 1. The lowest BCUT2D eigenvalue weighted by Gasteiger charge is -2.30. The summed E-state index contributed by atoms with van der Waals surface area (Å²) in [6, 6.07) is 6.92. The Hall–Kier alpha value is -3.54. The van der Waals surface area contributed by atoms with Crippen LogP contribution in [0.15, 0.2) is 45.7 Å². The first kappa shape index (κ1) is 27.5. The number of rotatable bonds is 5. The molecule has 4 rings (SSSR count). The zero-order chi connectivity index (χ0) is 28.0. The Labute approximate surface area is 223 Å². The van der Waals surface area contributed by atoms with E-state index in [-0.39, 0.29) is 29.7 Å². The summed E-state index contributed by atoms with van der Waals surface area (Å²) < 4.78 is 51.8. The van der Waals surface area contributed by atoms with Crippen molar-refractivity contribution in [3.05, 3.63) is 67.9 Å². The number of hydrogen-bond acceptors (Lipinski definition) is 6. The molecule has 0 fully saturated rings. The third kappa shape index (κ3) is 5.50. The fourth-order valence-corrected chi connectivity index (χ4v) is 4.68. The summed E-state index contributed by atoms with van der Waals surface area (Å²) in [5, 5.41) is 13.4. The van der Waals surface area contributed by atoms with Gasteiger partial charge in [0.15, 0.2) is 5.75 Å². The molecule has 0 bridgehead atoms. The van der Waals surface area contributed by atoms with Crippen LogP contribution < -0.4 is 15.6 Å². The second-order valence-corrected chi connectivity index (χ2v) is 10.7. The Kier molecular flexibility index (Phi) is 7.21. The summed E-state index contributed by atoms with van der Waals surface area (Å²) in [6.45, 7) is 4.43. The SMILES string of the molecule is CC(C)(C)OC(=O)CNC(=O)c1c(O)c2ccc(Br)c3c2n(c1=O)C(Cc1ccc(C(F)(F)F)cc1)CO3. The van der Waals surface area contributed by atoms with Crippen LogP contribution in [0.4, 0.5) is 13.2 Å². The lowest BCUT2D eigenvalue weighted by atomic mass is 10.0. The molecule has 38 heavy (non-hydrogen) atoms. The lowest BCUT2D eigenvalue weighted by Crippen LogP contribution is -2.40. The van der Waals surface area contributed by atoms with Crippen LogP contribution in [0.5, 0.6) is 11.5 Å². The van der Waals surface area contributed by atoms with Crippen LogP contribution >= 0.6 is 15.9 Å². The molecule has 0 saturated heterocycles. The standard InChI is InChI=1S/C26H24BrF3N2O6/c1-25(2,3)38-18(33)11-31-23(35)19-21(34)16-8-9-17(27)22-20(16)32(24(19)36)15(12-37-22)10-13-4-6-14(7-5-13)26(28,29)30/h4-9,15,34H,10-12H2,1-3H3,(H,31,35). The average Bonchev–Trinajstić information content (AvgIpc) is 2.81. The molecule has 202 valence electrons. The molecular weight excluding hydrogens is 573 g/mol. The van der Waals surface area contributed by atoms with Crippen LogP contribution in [0.1, 0.15) is 48.3 Å². The number of aromatic nitrogens is 1. The van der Waals surface area contributed by atoms with E-state index in [0.717, 1.165) is 12.1 Å². The number of carbonyl (C=O) groups excluding carboxylic acids is 2. The number of amides is 1. The first-order valence-electron chi connectivity index (χ1n) is 11.6. The van der Waals surface area contributed by atoms with E-state index in [1.807, 2.05) is 0 Å². The quantitative estimate of drug-likeness (QED) is 0.412. The lowest BCUT2D eigenvalue weighted by molar-refractivity contribution is -0.153. The predicted octanol–water partition coefficient (Wildman–Crippen LogP) is 4.74. The molecule has 2 aromatic carbocycles. The van der Waals surface area contributed by atoms with Gasteiger partial charge in [-0.2, -0.15) is 13.2 Å². The number of aromatic hydroxyl groups is 1. The van der Waals surface area contributed by atoms with E-state index in [2.05, 4.69) is 21.2 Å². The second kappa shape index (κ2) is 9.97. The van der Waals surface area contributed by atoms with Gasteiger partial charge in [0.1, 0.15) is 30.1 Å². The second-order valence-electron chi connectivity index (χ2n) is 9.80. The topological polar surface area (TPSA) is 107 Å². The van der Waals surface area contributed by atoms with E-state index in [9.17, 15) is 32.7 Å². The number of nitrogens with one attached hydrogen (secondary N) is 1. The summed E-state index contributed by atoms with van der Waals surface area (Å²) in [4.78, 5) is 38.7. The molecule has 0 aliphatic carbocycles. The first-order valence-corrected chi connectivity index (χ1v) is 12.4. The molecule has 2 N–H and O–H groups in total. The number of halogens is 4. The molecule has 0 saturated carbocycles. The van der Waals surface area contributed by atoms with E-state index in [1.54, 1.807) is 26.8 Å². The summed E-state index contributed by atoms with van der Waals surface area (Å²) in [7, 11) is 0. The number of carbonyl (C=O) groups is 2.